The monoisotopic (exact) mass is 283 g/mol. The summed E-state index contributed by atoms with van der Waals surface area (Å²) in [5.41, 5.74) is 5.58. The molecule has 0 unspecified atom stereocenters. The van der Waals surface area contributed by atoms with Crippen LogP contribution in [0, 0.1) is 5.41 Å². The number of hydrogen-bond donors (Lipinski definition) is 2. The minimum atomic E-state index is -0.342. The van der Waals surface area contributed by atoms with Crippen LogP contribution in [0.25, 0.3) is 0 Å². The van der Waals surface area contributed by atoms with Gasteiger partial charge in [-0.15, -0.1) is 0 Å². The van der Waals surface area contributed by atoms with Gasteiger partial charge in [-0.3, -0.25) is 4.79 Å². The van der Waals surface area contributed by atoms with Crippen molar-refractivity contribution in [2.24, 2.45) is 11.1 Å². The Kier molecular flexibility index (Phi) is 8.15. The van der Waals surface area contributed by atoms with E-state index in [-0.39, 0.29) is 11.3 Å². The van der Waals surface area contributed by atoms with Gasteiger partial charge < -0.3 is 16.0 Å². The van der Waals surface area contributed by atoms with Crippen LogP contribution in [0.1, 0.15) is 58.8 Å². The van der Waals surface area contributed by atoms with Crippen LogP contribution in [-0.2, 0) is 4.79 Å². The van der Waals surface area contributed by atoms with Gasteiger partial charge in [0.05, 0.1) is 5.41 Å². The van der Waals surface area contributed by atoms with Crippen LogP contribution in [-0.4, -0.2) is 43.5 Å². The molecular weight excluding hydrogens is 250 g/mol. The molecule has 118 valence electrons. The average molecular weight is 283 g/mol. The van der Waals surface area contributed by atoms with Crippen molar-refractivity contribution in [1.29, 1.82) is 0 Å². The van der Waals surface area contributed by atoms with Gasteiger partial charge in [0.2, 0.25) is 5.91 Å². The van der Waals surface area contributed by atoms with Gasteiger partial charge in [0.1, 0.15) is 0 Å². The van der Waals surface area contributed by atoms with Crippen LogP contribution in [0.5, 0.6) is 0 Å². The van der Waals surface area contributed by atoms with E-state index in [9.17, 15) is 4.79 Å². The molecule has 3 N–H and O–H groups in total. The van der Waals surface area contributed by atoms with Crippen LogP contribution >= 0.6 is 0 Å². The molecule has 0 saturated carbocycles. The predicted molar refractivity (Wildman–Crippen MR) is 84.6 cm³/mol. The summed E-state index contributed by atoms with van der Waals surface area (Å²) in [7, 11) is 0. The van der Waals surface area contributed by atoms with Crippen molar-refractivity contribution in [2.75, 3.05) is 32.7 Å². The topological polar surface area (TPSA) is 58.4 Å². The Morgan fingerprint density at radius 3 is 2.25 bits per heavy atom. The summed E-state index contributed by atoms with van der Waals surface area (Å²) in [6, 6.07) is 0. The highest BCUT2D eigenvalue weighted by molar-refractivity contribution is 5.82. The summed E-state index contributed by atoms with van der Waals surface area (Å²) >= 11 is 0. The van der Waals surface area contributed by atoms with E-state index in [1.807, 2.05) is 0 Å². The van der Waals surface area contributed by atoms with Crippen LogP contribution in [0.4, 0.5) is 0 Å². The van der Waals surface area contributed by atoms with E-state index >= 15 is 0 Å². The van der Waals surface area contributed by atoms with Crippen LogP contribution < -0.4 is 11.1 Å². The molecule has 1 rings (SSSR count). The van der Waals surface area contributed by atoms with Crippen molar-refractivity contribution in [3.05, 3.63) is 0 Å². The van der Waals surface area contributed by atoms with Crippen molar-refractivity contribution < 1.29 is 4.79 Å². The van der Waals surface area contributed by atoms with Gasteiger partial charge in [-0.25, -0.2) is 0 Å². The van der Waals surface area contributed by atoms with E-state index in [0.29, 0.717) is 6.54 Å². The highest BCUT2D eigenvalue weighted by Gasteiger charge is 2.34. The van der Waals surface area contributed by atoms with E-state index in [1.54, 1.807) is 0 Å². The zero-order valence-corrected chi connectivity index (χ0v) is 13.4. The summed E-state index contributed by atoms with van der Waals surface area (Å²) in [5, 5.41) is 3.13. The molecule has 4 nitrogen and oxygen atoms in total. The number of likely N-dealkylation sites (tertiary alicyclic amines) is 1. The third-order valence-electron chi connectivity index (χ3n) is 4.49. The first-order valence-electron chi connectivity index (χ1n) is 8.39. The van der Waals surface area contributed by atoms with E-state index in [0.717, 1.165) is 38.8 Å². The molecule has 1 aliphatic heterocycles. The first-order chi connectivity index (χ1) is 9.68. The van der Waals surface area contributed by atoms with Crippen LogP contribution in [0.2, 0.25) is 0 Å². The van der Waals surface area contributed by atoms with Gasteiger partial charge in [0, 0.05) is 19.6 Å². The van der Waals surface area contributed by atoms with Gasteiger partial charge in [0.15, 0.2) is 0 Å². The maximum atomic E-state index is 12.5. The van der Waals surface area contributed by atoms with E-state index < -0.39 is 0 Å². The number of piperidine rings is 1. The van der Waals surface area contributed by atoms with Gasteiger partial charge >= 0.3 is 0 Å². The molecule has 1 heterocycles. The molecule has 0 spiro atoms. The number of hydrogen-bond acceptors (Lipinski definition) is 3. The molecule has 1 fully saturated rings. The Hall–Kier alpha value is -0.610. The van der Waals surface area contributed by atoms with Gasteiger partial charge in [-0.2, -0.15) is 0 Å². The number of amides is 1. The molecule has 1 aliphatic rings. The minimum Gasteiger partial charge on any atom is -0.354 e. The number of rotatable bonds is 9. The van der Waals surface area contributed by atoms with Crippen molar-refractivity contribution >= 4 is 5.91 Å². The molecule has 1 saturated heterocycles. The number of nitrogens with zero attached hydrogens (tertiary/aromatic N) is 1. The highest BCUT2D eigenvalue weighted by atomic mass is 16.2. The predicted octanol–water partition coefficient (Wildman–Crippen LogP) is 2.13. The lowest BCUT2D eigenvalue weighted by molar-refractivity contribution is -0.131. The molecule has 20 heavy (non-hydrogen) atoms. The fourth-order valence-electron chi connectivity index (χ4n) is 3.30. The summed E-state index contributed by atoms with van der Waals surface area (Å²) < 4.78 is 0. The second kappa shape index (κ2) is 9.35. The average Bonchev–Trinajstić information content (AvgIpc) is 2.48. The van der Waals surface area contributed by atoms with E-state index in [4.69, 9.17) is 5.73 Å². The highest BCUT2D eigenvalue weighted by Crippen LogP contribution is 2.28. The maximum Gasteiger partial charge on any atom is 0.227 e. The molecule has 0 atom stereocenters. The molecule has 0 aromatic carbocycles. The molecular formula is C16H33N3O. The van der Waals surface area contributed by atoms with E-state index in [2.05, 4.69) is 24.1 Å². The van der Waals surface area contributed by atoms with Crippen molar-refractivity contribution in [3.63, 3.8) is 0 Å². The Morgan fingerprint density at radius 2 is 1.75 bits per heavy atom. The summed E-state index contributed by atoms with van der Waals surface area (Å²) in [6.45, 7) is 8.81. The summed E-state index contributed by atoms with van der Waals surface area (Å²) in [6.07, 6.45) is 7.76. The van der Waals surface area contributed by atoms with Crippen molar-refractivity contribution in [1.82, 2.24) is 10.2 Å². The zero-order valence-electron chi connectivity index (χ0n) is 13.4. The quantitative estimate of drug-likeness (QED) is 0.681. The second-order valence-corrected chi connectivity index (χ2v) is 6.14. The number of carbonyl (C=O) groups is 1. The van der Waals surface area contributed by atoms with E-state index in [1.165, 1.54) is 32.4 Å². The lowest BCUT2D eigenvalue weighted by Crippen LogP contribution is -2.48. The van der Waals surface area contributed by atoms with Crippen molar-refractivity contribution in [3.8, 4) is 0 Å². The Bertz CT molecular complexity index is 269. The van der Waals surface area contributed by atoms with Gasteiger partial charge in [-0.1, -0.05) is 33.1 Å². The standard InChI is InChI=1S/C16H33N3O/c1-3-8-16(14-17,9-4-2)15(20)18-10-13-19-11-6-5-7-12-19/h3-14,17H2,1-2H3,(H,18,20). The smallest absolute Gasteiger partial charge is 0.227 e. The molecule has 0 bridgehead atoms. The molecule has 0 aliphatic carbocycles. The third-order valence-corrected chi connectivity index (χ3v) is 4.49. The summed E-state index contributed by atoms with van der Waals surface area (Å²) in [4.78, 5) is 15.0. The summed E-state index contributed by atoms with van der Waals surface area (Å²) in [5.74, 6) is 0.167. The van der Waals surface area contributed by atoms with Crippen molar-refractivity contribution in [2.45, 2.75) is 58.8 Å². The molecule has 0 radical (unpaired) electrons. The number of nitrogens with one attached hydrogen (secondary N) is 1. The molecule has 0 aromatic heterocycles. The van der Waals surface area contributed by atoms with Gasteiger partial charge in [-0.05, 0) is 38.8 Å². The molecule has 0 aromatic rings. The third kappa shape index (κ3) is 5.06. The number of carbonyl (C=O) groups excluding carboxylic acids is 1. The largest absolute Gasteiger partial charge is 0.354 e. The van der Waals surface area contributed by atoms with Crippen LogP contribution in [0.15, 0.2) is 0 Å². The SMILES string of the molecule is CCCC(CN)(CCC)C(=O)NCCN1CCCCC1. The second-order valence-electron chi connectivity index (χ2n) is 6.14. The van der Waals surface area contributed by atoms with Crippen LogP contribution in [0.3, 0.4) is 0 Å². The molecule has 1 amide bonds. The lowest BCUT2D eigenvalue weighted by Gasteiger charge is -2.32. The maximum absolute atomic E-state index is 12.5. The first-order valence-corrected chi connectivity index (χ1v) is 8.39. The zero-order chi connectivity index (χ0) is 14.8. The lowest BCUT2D eigenvalue weighted by atomic mass is 9.78. The first kappa shape index (κ1) is 17.4. The fraction of sp³-hybridized carbons (Fsp3) is 0.938. The fourth-order valence-corrected chi connectivity index (χ4v) is 3.30. The normalized spacial score (nSPS) is 17.1. The Labute approximate surface area is 124 Å². The number of nitrogens with two attached hydrogens (primary N) is 1. The Morgan fingerprint density at radius 1 is 1.15 bits per heavy atom. The van der Waals surface area contributed by atoms with Gasteiger partial charge in [0.25, 0.3) is 0 Å². The molecule has 4 heteroatoms. The Balaban J connectivity index is 2.40. The minimum absolute atomic E-state index is 0.167.